The number of nitrogens with two attached hydrogens (primary N) is 2. The molecule has 47 heavy (non-hydrogen) atoms. The average Bonchev–Trinajstić information content (AvgIpc) is 2.94. The van der Waals surface area contributed by atoms with Crippen molar-refractivity contribution in [3.63, 3.8) is 0 Å². The number of ketones is 3. The van der Waals surface area contributed by atoms with Crippen LogP contribution in [0.25, 0.3) is 0 Å². The summed E-state index contributed by atoms with van der Waals surface area (Å²) in [7, 11) is 1.78. The fourth-order valence-electron chi connectivity index (χ4n) is 5.45. The molecule has 8 N–H and O–H groups in total. The van der Waals surface area contributed by atoms with E-state index < -0.39 is 77.6 Å². The minimum absolute atomic E-state index is 0.0222. The second-order valence-electron chi connectivity index (χ2n) is 14.1. The molecule has 6 atom stereocenters. The zero-order valence-electron chi connectivity index (χ0n) is 29.7. The van der Waals surface area contributed by atoms with Gasteiger partial charge in [0.1, 0.15) is 5.78 Å². The first kappa shape index (κ1) is 43.8. The summed E-state index contributed by atoms with van der Waals surface area (Å²) < 4.78 is 0. The Labute approximate surface area is 280 Å². The Morgan fingerprint density at radius 2 is 1.26 bits per heavy atom. The highest BCUT2D eigenvalue weighted by molar-refractivity contribution is 5.97. The molecule has 0 unspecified atom stereocenters. The van der Waals surface area contributed by atoms with Gasteiger partial charge in [-0.05, 0) is 57.0 Å². The second-order valence-corrected chi connectivity index (χ2v) is 14.1. The number of hydrogen-bond acceptors (Lipinski definition) is 9. The lowest BCUT2D eigenvalue weighted by molar-refractivity contribution is -0.144. The molecule has 0 saturated heterocycles. The molecule has 0 rings (SSSR count). The maximum absolute atomic E-state index is 13.6. The van der Waals surface area contributed by atoms with E-state index in [2.05, 4.69) is 16.0 Å². The molecule has 0 aliphatic heterocycles. The number of Topliss-reactive ketones (excluding diaryl/α,β-unsaturated/α-hetero) is 3. The molecule has 0 bridgehead atoms. The van der Waals surface area contributed by atoms with Gasteiger partial charge in [-0.15, -0.1) is 0 Å². The summed E-state index contributed by atoms with van der Waals surface area (Å²) in [6, 6.07) is -2.95. The van der Waals surface area contributed by atoms with Crippen LogP contribution in [-0.4, -0.2) is 77.9 Å². The van der Waals surface area contributed by atoms with Crippen LogP contribution in [0.4, 0.5) is 0 Å². The Morgan fingerprint density at radius 3 is 1.74 bits per heavy atom. The number of carboxylic acid groups (broad SMARTS) is 1. The molecule has 0 aliphatic carbocycles. The van der Waals surface area contributed by atoms with Gasteiger partial charge in [-0.2, -0.15) is 0 Å². The topological polar surface area (TPSA) is 228 Å². The molecule has 0 heterocycles. The molecule has 0 aromatic carbocycles. The van der Waals surface area contributed by atoms with Crippen LogP contribution in [0.15, 0.2) is 0 Å². The van der Waals surface area contributed by atoms with Crippen LogP contribution in [-0.2, 0) is 33.6 Å². The summed E-state index contributed by atoms with van der Waals surface area (Å²) in [5.41, 5.74) is 11.4. The molecule has 3 amide bonds. The summed E-state index contributed by atoms with van der Waals surface area (Å²) in [4.78, 5) is 89.5. The number of hydrogen-bond donors (Lipinski definition) is 6. The molecule has 13 nitrogen and oxygen atoms in total. The van der Waals surface area contributed by atoms with Crippen LogP contribution >= 0.6 is 0 Å². The lowest BCUT2D eigenvalue weighted by Crippen LogP contribution is -2.49. The van der Waals surface area contributed by atoms with Gasteiger partial charge in [-0.1, -0.05) is 54.9 Å². The standard InChI is InChI=1S/C34H61N5O8/c1-19(2)13-24(17-29(42)31(21(5)6)39-32(44)22(7)15-27(40)25(35)14-20(3)4)33(45)38-26(18-30(36)43)28(41)16-23(34(46)47)11-9-10-12-37-8/h19-26,31,37H,9-18,35H2,1-8H3,(H2,36,43)(H,38,45)(H,39,44)(H,46,47)/t22-,23-,24-,25+,26+,31+/m1/s1. The summed E-state index contributed by atoms with van der Waals surface area (Å²) in [5.74, 6) is -7.08. The molecule has 0 aromatic rings. The summed E-state index contributed by atoms with van der Waals surface area (Å²) in [6.45, 7) is 13.5. The van der Waals surface area contributed by atoms with Gasteiger partial charge < -0.3 is 32.5 Å². The minimum atomic E-state index is -1.34. The molecule has 0 aromatic heterocycles. The van der Waals surface area contributed by atoms with E-state index >= 15 is 0 Å². The normalized spacial score (nSPS) is 15.4. The van der Waals surface area contributed by atoms with E-state index in [-0.39, 0.29) is 55.6 Å². The van der Waals surface area contributed by atoms with E-state index in [1.807, 2.05) is 27.7 Å². The summed E-state index contributed by atoms with van der Waals surface area (Å²) in [6.07, 6.45) is 1.12. The molecule has 0 saturated carbocycles. The number of rotatable bonds is 26. The Balaban J connectivity index is 5.77. The Bertz CT molecular complexity index is 1060. The van der Waals surface area contributed by atoms with Crippen molar-refractivity contribution in [3.8, 4) is 0 Å². The average molecular weight is 668 g/mol. The third-order valence-electron chi connectivity index (χ3n) is 8.12. The lowest BCUT2D eigenvalue weighted by Gasteiger charge is -2.27. The van der Waals surface area contributed by atoms with Crippen molar-refractivity contribution in [1.29, 1.82) is 0 Å². The highest BCUT2D eigenvalue weighted by Crippen LogP contribution is 2.21. The number of nitrogens with one attached hydrogen (secondary N) is 3. The van der Waals surface area contributed by atoms with Crippen molar-refractivity contribution in [2.45, 2.75) is 124 Å². The van der Waals surface area contributed by atoms with Crippen LogP contribution in [0.5, 0.6) is 0 Å². The number of aliphatic carboxylic acids is 1. The zero-order valence-corrected chi connectivity index (χ0v) is 29.7. The third-order valence-corrected chi connectivity index (χ3v) is 8.12. The smallest absolute Gasteiger partial charge is 0.306 e. The van der Waals surface area contributed by atoms with Crippen molar-refractivity contribution in [3.05, 3.63) is 0 Å². The molecule has 270 valence electrons. The van der Waals surface area contributed by atoms with E-state index in [0.29, 0.717) is 19.4 Å². The highest BCUT2D eigenvalue weighted by Gasteiger charge is 2.34. The summed E-state index contributed by atoms with van der Waals surface area (Å²) in [5, 5.41) is 18.0. The molecular weight excluding hydrogens is 606 g/mol. The largest absolute Gasteiger partial charge is 0.481 e. The van der Waals surface area contributed by atoms with Gasteiger partial charge in [0.2, 0.25) is 17.7 Å². The van der Waals surface area contributed by atoms with Crippen molar-refractivity contribution in [2.24, 2.45) is 47.0 Å². The van der Waals surface area contributed by atoms with E-state index in [0.717, 1.165) is 6.42 Å². The van der Waals surface area contributed by atoms with Gasteiger partial charge in [0.25, 0.3) is 0 Å². The monoisotopic (exact) mass is 667 g/mol. The SMILES string of the molecule is CNCCCC[C@H](CC(=O)[C@H](CC(N)=O)NC(=O)[C@@H](CC(=O)[C@@H](NC(=O)[C@H](C)CC(=O)[C@@H](N)CC(C)C)C(C)C)CC(C)C)C(=O)O. The van der Waals surface area contributed by atoms with E-state index in [1.54, 1.807) is 27.8 Å². The Hall–Kier alpha value is -3.19. The van der Waals surface area contributed by atoms with Crippen LogP contribution in [0, 0.1) is 35.5 Å². The maximum atomic E-state index is 13.6. The van der Waals surface area contributed by atoms with Gasteiger partial charge in [-0.3, -0.25) is 33.6 Å². The van der Waals surface area contributed by atoms with Crippen LogP contribution in [0.1, 0.15) is 106 Å². The minimum Gasteiger partial charge on any atom is -0.481 e. The first-order chi connectivity index (χ1) is 21.8. The molecule has 0 spiro atoms. The fourth-order valence-corrected chi connectivity index (χ4v) is 5.45. The number of unbranched alkanes of at least 4 members (excludes halogenated alkanes) is 1. The van der Waals surface area contributed by atoms with Crippen molar-refractivity contribution in [2.75, 3.05) is 13.6 Å². The number of carbonyl (C=O) groups excluding carboxylic acids is 6. The summed E-state index contributed by atoms with van der Waals surface area (Å²) >= 11 is 0. The zero-order chi connectivity index (χ0) is 36.4. The third kappa shape index (κ3) is 18.1. The number of primary amides is 1. The van der Waals surface area contributed by atoms with Crippen LogP contribution in [0.2, 0.25) is 0 Å². The molecule has 0 aliphatic rings. The van der Waals surface area contributed by atoms with Gasteiger partial charge in [0.05, 0.1) is 30.5 Å². The van der Waals surface area contributed by atoms with Crippen molar-refractivity contribution < 1.29 is 38.7 Å². The molecule has 0 radical (unpaired) electrons. The van der Waals surface area contributed by atoms with Gasteiger partial charge >= 0.3 is 5.97 Å². The van der Waals surface area contributed by atoms with E-state index in [9.17, 15) is 38.7 Å². The van der Waals surface area contributed by atoms with Crippen LogP contribution < -0.4 is 27.4 Å². The Morgan fingerprint density at radius 1 is 0.681 bits per heavy atom. The number of amides is 3. The van der Waals surface area contributed by atoms with Crippen molar-refractivity contribution in [1.82, 2.24) is 16.0 Å². The highest BCUT2D eigenvalue weighted by atomic mass is 16.4. The fraction of sp³-hybridized carbons (Fsp3) is 0.794. The van der Waals surface area contributed by atoms with Crippen molar-refractivity contribution >= 4 is 41.0 Å². The molecule has 13 heteroatoms. The van der Waals surface area contributed by atoms with Crippen LogP contribution in [0.3, 0.4) is 0 Å². The Kier molecular flexibility index (Phi) is 20.9. The number of carboxylic acids is 1. The quantitative estimate of drug-likeness (QED) is 0.0736. The molecule has 0 fully saturated rings. The second kappa shape index (κ2) is 22.4. The van der Waals surface area contributed by atoms with E-state index in [4.69, 9.17) is 11.5 Å². The van der Waals surface area contributed by atoms with Gasteiger partial charge in [0, 0.05) is 31.1 Å². The first-order valence-electron chi connectivity index (χ1n) is 16.9. The van der Waals surface area contributed by atoms with Gasteiger partial charge in [-0.25, -0.2) is 0 Å². The number of carbonyl (C=O) groups is 7. The predicted molar refractivity (Wildman–Crippen MR) is 180 cm³/mol. The molecular formula is C34H61N5O8. The van der Waals surface area contributed by atoms with Gasteiger partial charge in [0.15, 0.2) is 11.6 Å². The predicted octanol–water partition coefficient (Wildman–Crippen LogP) is 2.13. The maximum Gasteiger partial charge on any atom is 0.306 e. The van der Waals surface area contributed by atoms with E-state index in [1.165, 1.54) is 0 Å². The lowest BCUT2D eigenvalue weighted by atomic mass is 9.86. The first-order valence-corrected chi connectivity index (χ1v) is 16.9.